The summed E-state index contributed by atoms with van der Waals surface area (Å²) in [5.74, 6) is -1.73. The summed E-state index contributed by atoms with van der Waals surface area (Å²) in [5, 5.41) is 9.80. The third kappa shape index (κ3) is 4.40. The van der Waals surface area contributed by atoms with E-state index < -0.39 is 11.9 Å². The number of hydrogen-bond acceptors (Lipinski definition) is 1. The Morgan fingerprint density at radius 3 is 2.41 bits per heavy atom. The monoisotopic (exact) mass is 312 g/mol. The predicted molar refractivity (Wildman–Crippen MR) is 71.2 cm³/mol. The molecule has 0 heterocycles. The number of benzene rings is 1. The van der Waals surface area contributed by atoms with Crippen LogP contribution in [-0.4, -0.2) is 11.1 Å². The highest BCUT2D eigenvalue weighted by Crippen LogP contribution is 2.29. The molecule has 0 fully saturated rings. The molecule has 2 nitrogen and oxygen atoms in total. The summed E-state index contributed by atoms with van der Waals surface area (Å²) in [5.41, 5.74) is 0.553. The minimum atomic E-state index is -0.978. The Kier molecular flexibility index (Phi) is 5.60. The van der Waals surface area contributed by atoms with Crippen molar-refractivity contribution >= 4 is 52.4 Å². The van der Waals surface area contributed by atoms with Gasteiger partial charge in [0.25, 0.3) is 0 Å². The Morgan fingerprint density at radius 2 is 1.94 bits per heavy atom. The maximum Gasteiger partial charge on any atom is 0.311 e. The number of rotatable bonds is 4. The van der Waals surface area contributed by atoms with Crippen LogP contribution < -0.4 is 0 Å². The fourth-order valence-corrected chi connectivity index (χ4v) is 1.80. The molecule has 0 saturated carbocycles. The second-order valence-electron chi connectivity index (χ2n) is 3.29. The van der Waals surface area contributed by atoms with E-state index >= 15 is 0 Å². The van der Waals surface area contributed by atoms with Gasteiger partial charge in [-0.25, -0.2) is 0 Å². The SMILES string of the molecule is O=C(O)[C@@H](CC=C(Cl)Cl)c1ccc(Cl)c(Cl)c1. The van der Waals surface area contributed by atoms with E-state index in [1.165, 1.54) is 12.1 Å². The van der Waals surface area contributed by atoms with Gasteiger partial charge in [0, 0.05) is 0 Å². The van der Waals surface area contributed by atoms with E-state index in [2.05, 4.69) is 0 Å². The molecule has 1 aromatic carbocycles. The van der Waals surface area contributed by atoms with Gasteiger partial charge in [-0.2, -0.15) is 0 Å². The molecule has 0 aliphatic heterocycles. The summed E-state index contributed by atoms with van der Waals surface area (Å²) >= 11 is 22.5. The van der Waals surface area contributed by atoms with E-state index in [1.54, 1.807) is 12.1 Å². The van der Waals surface area contributed by atoms with Gasteiger partial charge in [-0.3, -0.25) is 4.79 Å². The lowest BCUT2D eigenvalue weighted by Crippen LogP contribution is -2.10. The number of hydrogen-bond donors (Lipinski definition) is 1. The van der Waals surface area contributed by atoms with Crippen molar-refractivity contribution in [1.82, 2.24) is 0 Å². The van der Waals surface area contributed by atoms with Crippen LogP contribution in [0.3, 0.4) is 0 Å². The van der Waals surface area contributed by atoms with Gasteiger partial charge in [0.05, 0.1) is 16.0 Å². The van der Waals surface area contributed by atoms with Crippen molar-refractivity contribution in [3.05, 3.63) is 44.4 Å². The lowest BCUT2D eigenvalue weighted by molar-refractivity contribution is -0.138. The summed E-state index contributed by atoms with van der Waals surface area (Å²) in [6.45, 7) is 0. The van der Waals surface area contributed by atoms with Crippen LogP contribution >= 0.6 is 46.4 Å². The van der Waals surface area contributed by atoms with Crippen molar-refractivity contribution in [3.63, 3.8) is 0 Å². The van der Waals surface area contributed by atoms with Crippen molar-refractivity contribution < 1.29 is 9.90 Å². The summed E-state index contributed by atoms with van der Waals surface area (Å²) in [4.78, 5) is 11.1. The number of allylic oxidation sites excluding steroid dienone is 1. The molecule has 0 aliphatic carbocycles. The molecular weight excluding hydrogens is 306 g/mol. The van der Waals surface area contributed by atoms with Crippen LogP contribution in [0.1, 0.15) is 17.9 Å². The summed E-state index contributed by atoms with van der Waals surface area (Å²) < 4.78 is 0.0383. The van der Waals surface area contributed by atoms with Gasteiger partial charge in [-0.1, -0.05) is 58.5 Å². The maximum atomic E-state index is 11.1. The Bertz CT molecular complexity index is 453. The first kappa shape index (κ1) is 14.7. The minimum absolute atomic E-state index is 0.0383. The van der Waals surface area contributed by atoms with Gasteiger partial charge in [-0.05, 0) is 24.1 Å². The molecule has 92 valence electrons. The molecule has 1 rings (SSSR count). The van der Waals surface area contributed by atoms with Gasteiger partial charge in [-0.15, -0.1) is 0 Å². The second-order valence-corrected chi connectivity index (χ2v) is 5.12. The van der Waals surface area contributed by atoms with Crippen LogP contribution in [0.25, 0.3) is 0 Å². The molecule has 0 aliphatic rings. The molecule has 0 amide bonds. The highest BCUT2D eigenvalue weighted by atomic mass is 35.5. The van der Waals surface area contributed by atoms with Gasteiger partial charge >= 0.3 is 5.97 Å². The van der Waals surface area contributed by atoms with Crippen molar-refractivity contribution in [2.24, 2.45) is 0 Å². The Balaban J connectivity index is 3.01. The average Bonchev–Trinajstić information content (AvgIpc) is 2.22. The molecule has 0 aromatic heterocycles. The van der Waals surface area contributed by atoms with Crippen LogP contribution in [0.4, 0.5) is 0 Å². The van der Waals surface area contributed by atoms with Crippen LogP contribution in [0.5, 0.6) is 0 Å². The summed E-state index contributed by atoms with van der Waals surface area (Å²) in [7, 11) is 0. The Labute approximate surface area is 119 Å². The zero-order chi connectivity index (χ0) is 13.0. The van der Waals surface area contributed by atoms with Crippen LogP contribution in [0.15, 0.2) is 28.8 Å². The molecule has 0 bridgehead atoms. The number of carboxylic acid groups (broad SMARTS) is 1. The van der Waals surface area contributed by atoms with Crippen molar-refractivity contribution in [2.75, 3.05) is 0 Å². The van der Waals surface area contributed by atoms with Gasteiger partial charge < -0.3 is 5.11 Å². The zero-order valence-corrected chi connectivity index (χ0v) is 11.5. The van der Waals surface area contributed by atoms with Crippen LogP contribution in [0, 0.1) is 0 Å². The van der Waals surface area contributed by atoms with Crippen molar-refractivity contribution in [2.45, 2.75) is 12.3 Å². The normalized spacial score (nSPS) is 12.0. The molecular formula is C11H8Cl4O2. The first-order valence-electron chi connectivity index (χ1n) is 4.60. The molecule has 1 atom stereocenters. The number of carboxylic acids is 1. The average molecular weight is 314 g/mol. The largest absolute Gasteiger partial charge is 0.481 e. The fraction of sp³-hybridized carbons (Fsp3) is 0.182. The molecule has 0 radical (unpaired) electrons. The third-order valence-electron chi connectivity index (χ3n) is 2.15. The highest BCUT2D eigenvalue weighted by molar-refractivity contribution is 6.55. The lowest BCUT2D eigenvalue weighted by Gasteiger charge is -2.11. The van der Waals surface area contributed by atoms with Crippen molar-refractivity contribution in [3.8, 4) is 0 Å². The lowest BCUT2D eigenvalue weighted by atomic mass is 9.96. The molecule has 0 spiro atoms. The smallest absolute Gasteiger partial charge is 0.311 e. The van der Waals surface area contributed by atoms with E-state index in [-0.39, 0.29) is 10.9 Å². The molecule has 0 saturated heterocycles. The van der Waals surface area contributed by atoms with Gasteiger partial charge in [0.15, 0.2) is 0 Å². The van der Waals surface area contributed by atoms with E-state index in [0.29, 0.717) is 15.6 Å². The number of carbonyl (C=O) groups is 1. The standard InChI is InChI=1S/C11H8Cl4O2/c12-8-3-1-6(5-9(8)13)7(11(16)17)2-4-10(14)15/h1,3-5,7H,2H2,(H,16,17)/t7-/m0/s1. The van der Waals surface area contributed by atoms with Crippen LogP contribution in [0.2, 0.25) is 10.0 Å². The predicted octanol–water partition coefficient (Wildman–Crippen LogP) is 4.87. The Morgan fingerprint density at radius 1 is 1.29 bits per heavy atom. The summed E-state index contributed by atoms with van der Waals surface area (Å²) in [6, 6.07) is 4.70. The minimum Gasteiger partial charge on any atom is -0.481 e. The van der Waals surface area contributed by atoms with E-state index in [1.807, 2.05) is 0 Å². The molecule has 1 aromatic rings. The molecule has 17 heavy (non-hydrogen) atoms. The third-order valence-corrected chi connectivity index (χ3v) is 3.20. The number of aliphatic carboxylic acids is 1. The first-order chi connectivity index (χ1) is 7.91. The molecule has 1 N–H and O–H groups in total. The topological polar surface area (TPSA) is 37.3 Å². The quantitative estimate of drug-likeness (QED) is 0.861. The maximum absolute atomic E-state index is 11.1. The fourth-order valence-electron chi connectivity index (χ4n) is 1.32. The zero-order valence-electron chi connectivity index (χ0n) is 8.46. The first-order valence-corrected chi connectivity index (χ1v) is 6.12. The van der Waals surface area contributed by atoms with E-state index in [9.17, 15) is 4.79 Å². The molecule has 0 unspecified atom stereocenters. The van der Waals surface area contributed by atoms with Gasteiger partial charge in [0.1, 0.15) is 4.49 Å². The molecule has 6 heteroatoms. The van der Waals surface area contributed by atoms with E-state index in [4.69, 9.17) is 51.5 Å². The van der Waals surface area contributed by atoms with Crippen molar-refractivity contribution in [1.29, 1.82) is 0 Å². The van der Waals surface area contributed by atoms with Gasteiger partial charge in [0.2, 0.25) is 0 Å². The highest BCUT2D eigenvalue weighted by Gasteiger charge is 2.19. The second kappa shape index (κ2) is 6.50. The number of halogens is 4. The van der Waals surface area contributed by atoms with Crippen LogP contribution in [-0.2, 0) is 4.79 Å². The van der Waals surface area contributed by atoms with E-state index in [0.717, 1.165) is 0 Å². The summed E-state index contributed by atoms with van der Waals surface area (Å²) in [6.07, 6.45) is 1.63. The Hall–Kier alpha value is -0.410.